The smallest absolute Gasteiger partial charge is 0.251 e. The Morgan fingerprint density at radius 3 is 2.27 bits per heavy atom. The van der Waals surface area contributed by atoms with Crippen LogP contribution in [0.25, 0.3) is 0 Å². The molecule has 1 heterocycles. The molecule has 3 rings (SSSR count). The van der Waals surface area contributed by atoms with Crippen molar-refractivity contribution in [3.05, 3.63) is 64.7 Å². The number of amides is 2. The summed E-state index contributed by atoms with van der Waals surface area (Å²) < 4.78 is 5.38. The van der Waals surface area contributed by atoms with Crippen LogP contribution in [-0.2, 0) is 16.1 Å². The molecular weight excluding hydrogens is 402 g/mol. The fraction of sp³-hybridized carbons (Fsp3) is 0.391. The van der Waals surface area contributed by atoms with Crippen LogP contribution < -0.4 is 10.6 Å². The van der Waals surface area contributed by atoms with Gasteiger partial charge in [-0.1, -0.05) is 37.6 Å². The predicted molar refractivity (Wildman–Crippen MR) is 119 cm³/mol. The van der Waals surface area contributed by atoms with Crippen LogP contribution >= 0.6 is 11.6 Å². The molecule has 0 aromatic heterocycles. The molecule has 1 unspecified atom stereocenters. The van der Waals surface area contributed by atoms with E-state index in [0.29, 0.717) is 16.3 Å². The summed E-state index contributed by atoms with van der Waals surface area (Å²) in [6.07, 6.45) is 0. The van der Waals surface area contributed by atoms with E-state index in [4.69, 9.17) is 16.3 Å². The van der Waals surface area contributed by atoms with Gasteiger partial charge >= 0.3 is 0 Å². The number of hydrogen-bond acceptors (Lipinski definition) is 4. The van der Waals surface area contributed by atoms with E-state index in [0.717, 1.165) is 32.8 Å². The van der Waals surface area contributed by atoms with Gasteiger partial charge in [-0.15, -0.1) is 0 Å². The minimum Gasteiger partial charge on any atom is -0.379 e. The molecule has 7 heteroatoms. The van der Waals surface area contributed by atoms with Gasteiger partial charge in [-0.25, -0.2) is 0 Å². The van der Waals surface area contributed by atoms with E-state index in [9.17, 15) is 9.59 Å². The Balaban J connectivity index is 1.58. The summed E-state index contributed by atoms with van der Waals surface area (Å²) in [7, 11) is 0. The lowest BCUT2D eigenvalue weighted by Gasteiger charge is -2.26. The fourth-order valence-corrected chi connectivity index (χ4v) is 3.42. The van der Waals surface area contributed by atoms with Crippen molar-refractivity contribution in [2.24, 2.45) is 5.92 Å². The van der Waals surface area contributed by atoms with Gasteiger partial charge in [0, 0.05) is 35.9 Å². The zero-order valence-electron chi connectivity index (χ0n) is 17.4. The van der Waals surface area contributed by atoms with Gasteiger partial charge in [0.1, 0.15) is 6.04 Å². The number of ether oxygens (including phenoxy) is 1. The maximum atomic E-state index is 12.8. The van der Waals surface area contributed by atoms with Crippen molar-refractivity contribution in [3.63, 3.8) is 0 Å². The first-order valence-corrected chi connectivity index (χ1v) is 10.6. The predicted octanol–water partition coefficient (Wildman–Crippen LogP) is 3.57. The second kappa shape index (κ2) is 10.6. The number of benzene rings is 2. The number of nitrogens with zero attached hydrogens (tertiary/aromatic N) is 1. The summed E-state index contributed by atoms with van der Waals surface area (Å²) >= 11 is 5.87. The van der Waals surface area contributed by atoms with E-state index in [-0.39, 0.29) is 17.7 Å². The minimum absolute atomic E-state index is 0.0677. The molecule has 6 nitrogen and oxygen atoms in total. The Labute approximate surface area is 182 Å². The maximum absolute atomic E-state index is 12.8. The number of carbonyl (C=O) groups excluding carboxylic acids is 2. The number of anilines is 1. The van der Waals surface area contributed by atoms with Crippen molar-refractivity contribution >= 4 is 29.1 Å². The molecule has 0 saturated carbocycles. The normalized spacial score (nSPS) is 15.6. The van der Waals surface area contributed by atoms with Gasteiger partial charge in [-0.3, -0.25) is 14.5 Å². The first-order valence-electron chi connectivity index (χ1n) is 10.2. The fourth-order valence-electron chi connectivity index (χ4n) is 3.29. The molecule has 160 valence electrons. The van der Waals surface area contributed by atoms with E-state index in [2.05, 4.69) is 15.5 Å². The van der Waals surface area contributed by atoms with Gasteiger partial charge in [-0.05, 0) is 47.9 Å². The van der Waals surface area contributed by atoms with Crippen LogP contribution in [0.4, 0.5) is 5.69 Å². The van der Waals surface area contributed by atoms with Crippen LogP contribution in [0.1, 0.15) is 29.8 Å². The highest BCUT2D eigenvalue weighted by atomic mass is 35.5. The highest BCUT2D eigenvalue weighted by Crippen LogP contribution is 2.15. The van der Waals surface area contributed by atoms with Crippen molar-refractivity contribution in [2.45, 2.75) is 26.4 Å². The number of rotatable bonds is 7. The Morgan fingerprint density at radius 2 is 1.67 bits per heavy atom. The monoisotopic (exact) mass is 429 g/mol. The van der Waals surface area contributed by atoms with Crippen molar-refractivity contribution in [3.8, 4) is 0 Å². The summed E-state index contributed by atoms with van der Waals surface area (Å²) in [5.41, 5.74) is 2.36. The third-order valence-electron chi connectivity index (χ3n) is 5.07. The molecule has 1 saturated heterocycles. The lowest BCUT2D eigenvalue weighted by molar-refractivity contribution is -0.118. The number of hydrogen-bond donors (Lipinski definition) is 2. The quantitative estimate of drug-likeness (QED) is 0.706. The van der Waals surface area contributed by atoms with Crippen LogP contribution in [0.5, 0.6) is 0 Å². The molecule has 2 aromatic rings. The molecule has 0 radical (unpaired) electrons. The number of halogens is 1. The van der Waals surface area contributed by atoms with Crippen LogP contribution in [-0.4, -0.2) is 49.1 Å². The molecule has 0 spiro atoms. The largest absolute Gasteiger partial charge is 0.379 e. The average Bonchev–Trinajstić information content (AvgIpc) is 2.74. The Kier molecular flexibility index (Phi) is 7.85. The zero-order valence-corrected chi connectivity index (χ0v) is 18.1. The second-order valence-corrected chi connectivity index (χ2v) is 8.21. The molecule has 0 bridgehead atoms. The summed E-state index contributed by atoms with van der Waals surface area (Å²) in [5, 5.41) is 6.29. The van der Waals surface area contributed by atoms with Gasteiger partial charge in [0.15, 0.2) is 0 Å². The Bertz CT molecular complexity index is 847. The number of nitrogens with one attached hydrogen (secondary N) is 2. The highest BCUT2D eigenvalue weighted by Gasteiger charge is 2.25. The van der Waals surface area contributed by atoms with Crippen molar-refractivity contribution < 1.29 is 14.3 Å². The zero-order chi connectivity index (χ0) is 21.5. The summed E-state index contributed by atoms with van der Waals surface area (Å²) in [6, 6.07) is 13.8. The topological polar surface area (TPSA) is 70.7 Å². The molecule has 2 amide bonds. The van der Waals surface area contributed by atoms with E-state index in [1.54, 1.807) is 24.3 Å². The first kappa shape index (κ1) is 22.3. The van der Waals surface area contributed by atoms with Gasteiger partial charge in [0.05, 0.1) is 13.2 Å². The molecule has 2 aromatic carbocycles. The SMILES string of the molecule is CC(C)C(NC(=O)c1ccc(Cl)cc1)C(=O)Nc1ccc(CN2CCOCC2)cc1. The summed E-state index contributed by atoms with van der Waals surface area (Å²) in [6.45, 7) is 8.07. The van der Waals surface area contributed by atoms with Gasteiger partial charge in [0.2, 0.25) is 5.91 Å². The first-order chi connectivity index (χ1) is 14.4. The van der Waals surface area contributed by atoms with Crippen molar-refractivity contribution in [2.75, 3.05) is 31.6 Å². The molecule has 1 fully saturated rings. The van der Waals surface area contributed by atoms with Gasteiger partial charge in [-0.2, -0.15) is 0 Å². The molecule has 0 aliphatic carbocycles. The summed E-state index contributed by atoms with van der Waals surface area (Å²) in [5.74, 6) is -0.614. The van der Waals surface area contributed by atoms with Crippen molar-refractivity contribution in [1.82, 2.24) is 10.2 Å². The molecule has 1 aliphatic heterocycles. The lowest BCUT2D eigenvalue weighted by Crippen LogP contribution is -2.47. The highest BCUT2D eigenvalue weighted by molar-refractivity contribution is 6.30. The van der Waals surface area contributed by atoms with E-state index in [1.165, 1.54) is 5.56 Å². The molecular formula is C23H28ClN3O3. The minimum atomic E-state index is -0.652. The second-order valence-electron chi connectivity index (χ2n) is 7.78. The van der Waals surface area contributed by atoms with Crippen LogP contribution in [0.2, 0.25) is 5.02 Å². The third kappa shape index (κ3) is 6.29. The average molecular weight is 430 g/mol. The van der Waals surface area contributed by atoms with E-state index >= 15 is 0 Å². The number of morpholine rings is 1. The molecule has 30 heavy (non-hydrogen) atoms. The molecule has 2 N–H and O–H groups in total. The molecule has 1 aliphatic rings. The Morgan fingerprint density at radius 1 is 1.03 bits per heavy atom. The number of carbonyl (C=O) groups is 2. The summed E-state index contributed by atoms with van der Waals surface area (Å²) in [4.78, 5) is 27.7. The Hall–Kier alpha value is -2.41. The van der Waals surface area contributed by atoms with Crippen LogP contribution in [0.15, 0.2) is 48.5 Å². The third-order valence-corrected chi connectivity index (χ3v) is 5.33. The van der Waals surface area contributed by atoms with Crippen LogP contribution in [0, 0.1) is 5.92 Å². The van der Waals surface area contributed by atoms with E-state index in [1.807, 2.05) is 38.1 Å². The maximum Gasteiger partial charge on any atom is 0.251 e. The van der Waals surface area contributed by atoms with Gasteiger partial charge < -0.3 is 15.4 Å². The lowest BCUT2D eigenvalue weighted by atomic mass is 10.0. The van der Waals surface area contributed by atoms with Gasteiger partial charge in [0.25, 0.3) is 5.91 Å². The van der Waals surface area contributed by atoms with Crippen LogP contribution in [0.3, 0.4) is 0 Å². The van der Waals surface area contributed by atoms with E-state index < -0.39 is 6.04 Å². The standard InChI is InChI=1S/C23H28ClN3O3/c1-16(2)21(26-22(28)18-5-7-19(24)8-6-18)23(29)25-20-9-3-17(4-10-20)15-27-11-13-30-14-12-27/h3-10,16,21H,11-15H2,1-2H3,(H,25,29)(H,26,28). The molecule has 1 atom stereocenters. The van der Waals surface area contributed by atoms with Crippen molar-refractivity contribution in [1.29, 1.82) is 0 Å².